The van der Waals surface area contributed by atoms with Crippen molar-refractivity contribution in [3.05, 3.63) is 71.8 Å². The Kier molecular flexibility index (Phi) is 9.67. The maximum atomic E-state index is 13.6. The van der Waals surface area contributed by atoms with Crippen LogP contribution in [0.2, 0.25) is 0 Å². The van der Waals surface area contributed by atoms with E-state index in [1.807, 2.05) is 60.7 Å². The summed E-state index contributed by atoms with van der Waals surface area (Å²) in [5.74, 6) is -0.871. The van der Waals surface area contributed by atoms with Crippen LogP contribution in [0, 0.1) is 0 Å². The van der Waals surface area contributed by atoms with Gasteiger partial charge in [0.2, 0.25) is 6.17 Å². The van der Waals surface area contributed by atoms with E-state index in [1.165, 1.54) is 0 Å². The number of benzene rings is 2. The van der Waals surface area contributed by atoms with E-state index < -0.39 is 41.1 Å². The SMILES string of the molecule is CC(C)(C)OC(=O)NN(C(=O)OC(C)(C)C)C(N=C(c1ccccc1)c1ccccc1)C(=O)OC(C)(C)C. The number of amides is 2. The number of hydrogen-bond donors (Lipinski definition) is 1. The van der Waals surface area contributed by atoms with Gasteiger partial charge in [-0.3, -0.25) is 0 Å². The minimum absolute atomic E-state index is 0.404. The molecule has 1 N–H and O–H groups in total. The van der Waals surface area contributed by atoms with Crippen molar-refractivity contribution in [3.63, 3.8) is 0 Å². The van der Waals surface area contributed by atoms with Gasteiger partial charge in [0.05, 0.1) is 5.71 Å². The first-order valence-corrected chi connectivity index (χ1v) is 12.4. The Balaban J connectivity index is 2.73. The van der Waals surface area contributed by atoms with Crippen molar-refractivity contribution < 1.29 is 28.6 Å². The summed E-state index contributed by atoms with van der Waals surface area (Å²) in [4.78, 5) is 44.4. The second-order valence-electron chi connectivity index (χ2n) is 11.6. The van der Waals surface area contributed by atoms with E-state index in [1.54, 1.807) is 62.3 Å². The standard InChI is InChI=1S/C29H39N3O6/c1-27(2,3)36-24(33)23(30-22(20-16-12-10-13-17-20)21-18-14-11-15-19-21)32(26(35)38-29(7,8)9)31-25(34)37-28(4,5)6/h10-19,23H,1-9H3,(H,31,34). The molecule has 0 radical (unpaired) electrons. The molecule has 9 heteroatoms. The maximum absolute atomic E-state index is 13.6. The lowest BCUT2D eigenvalue weighted by Crippen LogP contribution is -2.57. The fourth-order valence-corrected chi connectivity index (χ4v) is 3.12. The summed E-state index contributed by atoms with van der Waals surface area (Å²) in [5, 5.41) is 0.708. The minimum atomic E-state index is -1.65. The number of rotatable bonds is 5. The van der Waals surface area contributed by atoms with Crippen LogP contribution in [0.15, 0.2) is 65.7 Å². The summed E-state index contributed by atoms with van der Waals surface area (Å²) in [7, 11) is 0. The molecule has 0 aliphatic rings. The zero-order chi connectivity index (χ0) is 28.7. The number of hydrogen-bond acceptors (Lipinski definition) is 7. The molecule has 2 amide bonds. The fraction of sp³-hybridized carbons (Fsp3) is 0.448. The molecule has 0 aliphatic heterocycles. The molecule has 2 aromatic rings. The number of esters is 1. The normalized spacial score (nSPS) is 12.6. The fourth-order valence-electron chi connectivity index (χ4n) is 3.12. The van der Waals surface area contributed by atoms with Crippen LogP contribution in [0.1, 0.15) is 73.4 Å². The lowest BCUT2D eigenvalue weighted by atomic mass is 10.0. The largest absolute Gasteiger partial charge is 0.457 e. The van der Waals surface area contributed by atoms with Gasteiger partial charge in [0, 0.05) is 11.1 Å². The third-order valence-corrected chi connectivity index (χ3v) is 4.41. The van der Waals surface area contributed by atoms with E-state index in [-0.39, 0.29) is 0 Å². The van der Waals surface area contributed by atoms with Gasteiger partial charge in [0.15, 0.2) is 0 Å². The van der Waals surface area contributed by atoms with Crippen molar-refractivity contribution in [1.82, 2.24) is 10.4 Å². The summed E-state index contributed by atoms with van der Waals surface area (Å²) < 4.78 is 16.5. The first kappa shape index (κ1) is 30.3. The van der Waals surface area contributed by atoms with Crippen molar-refractivity contribution in [2.75, 3.05) is 0 Å². The predicted molar refractivity (Wildman–Crippen MR) is 146 cm³/mol. The van der Waals surface area contributed by atoms with Gasteiger partial charge in [-0.15, -0.1) is 0 Å². The highest BCUT2D eigenvalue weighted by atomic mass is 16.6. The number of ether oxygens (including phenoxy) is 3. The third-order valence-electron chi connectivity index (χ3n) is 4.41. The van der Waals surface area contributed by atoms with Crippen LogP contribution in [0.3, 0.4) is 0 Å². The Bertz CT molecular complexity index is 1090. The van der Waals surface area contributed by atoms with Crippen molar-refractivity contribution in [2.24, 2.45) is 4.99 Å². The summed E-state index contributed by atoms with van der Waals surface area (Å²) in [5.41, 5.74) is 1.43. The molecule has 0 aromatic heterocycles. The molecule has 2 rings (SSSR count). The third kappa shape index (κ3) is 10.2. The molecule has 0 saturated carbocycles. The van der Waals surface area contributed by atoms with E-state index in [0.29, 0.717) is 21.8 Å². The van der Waals surface area contributed by atoms with Crippen molar-refractivity contribution >= 4 is 23.9 Å². The Morgan fingerprint density at radius 2 is 1.11 bits per heavy atom. The zero-order valence-corrected chi connectivity index (χ0v) is 23.7. The lowest BCUT2D eigenvalue weighted by Gasteiger charge is -2.32. The van der Waals surface area contributed by atoms with Crippen LogP contribution in [-0.4, -0.2) is 51.8 Å². The summed E-state index contributed by atoms with van der Waals surface area (Å²) >= 11 is 0. The lowest BCUT2D eigenvalue weighted by molar-refractivity contribution is -0.162. The van der Waals surface area contributed by atoms with Crippen LogP contribution in [-0.2, 0) is 19.0 Å². The van der Waals surface area contributed by atoms with Gasteiger partial charge in [0.25, 0.3) is 0 Å². The van der Waals surface area contributed by atoms with Gasteiger partial charge in [-0.2, -0.15) is 5.01 Å². The van der Waals surface area contributed by atoms with Crippen LogP contribution in [0.5, 0.6) is 0 Å². The Hall–Kier alpha value is -3.88. The molecule has 2 aromatic carbocycles. The van der Waals surface area contributed by atoms with Crippen LogP contribution in [0.25, 0.3) is 0 Å². The smallest absolute Gasteiger partial charge is 0.431 e. The van der Waals surface area contributed by atoms with Gasteiger partial charge in [-0.05, 0) is 62.3 Å². The van der Waals surface area contributed by atoms with Crippen molar-refractivity contribution in [3.8, 4) is 0 Å². The molecule has 0 spiro atoms. The van der Waals surface area contributed by atoms with E-state index in [0.717, 1.165) is 0 Å². The van der Waals surface area contributed by atoms with Gasteiger partial charge < -0.3 is 14.2 Å². The minimum Gasteiger partial charge on any atom is -0.457 e. The van der Waals surface area contributed by atoms with E-state index in [4.69, 9.17) is 19.2 Å². The molecule has 0 saturated heterocycles. The van der Waals surface area contributed by atoms with Crippen molar-refractivity contribution in [2.45, 2.75) is 85.3 Å². The molecule has 0 bridgehead atoms. The number of nitrogens with zero attached hydrogens (tertiary/aromatic N) is 2. The highest BCUT2D eigenvalue weighted by Gasteiger charge is 2.38. The number of carbonyl (C=O) groups excluding carboxylic acids is 3. The summed E-state index contributed by atoms with van der Waals surface area (Å²) in [6.45, 7) is 15.1. The van der Waals surface area contributed by atoms with Gasteiger partial charge >= 0.3 is 18.2 Å². The topological polar surface area (TPSA) is 107 Å². The first-order valence-electron chi connectivity index (χ1n) is 12.4. The Labute approximate surface area is 225 Å². The van der Waals surface area contributed by atoms with Crippen LogP contribution in [0.4, 0.5) is 9.59 Å². The Morgan fingerprint density at radius 3 is 1.50 bits per heavy atom. The average Bonchev–Trinajstić information content (AvgIpc) is 2.76. The predicted octanol–water partition coefficient (Wildman–Crippen LogP) is 5.87. The second-order valence-corrected chi connectivity index (χ2v) is 11.6. The molecular weight excluding hydrogens is 486 g/mol. The van der Waals surface area contributed by atoms with Crippen LogP contribution < -0.4 is 5.43 Å². The maximum Gasteiger partial charge on any atom is 0.431 e. The highest BCUT2D eigenvalue weighted by molar-refractivity contribution is 6.13. The molecule has 0 fully saturated rings. The summed E-state index contributed by atoms with van der Waals surface area (Å²) in [6, 6.07) is 18.4. The molecule has 9 nitrogen and oxygen atoms in total. The monoisotopic (exact) mass is 525 g/mol. The first-order chi connectivity index (χ1) is 17.5. The van der Waals surface area contributed by atoms with Crippen LogP contribution >= 0.6 is 0 Å². The van der Waals surface area contributed by atoms with Crippen molar-refractivity contribution in [1.29, 1.82) is 0 Å². The average molecular weight is 526 g/mol. The van der Waals surface area contributed by atoms with Gasteiger partial charge in [-0.1, -0.05) is 60.7 Å². The number of carbonyl (C=O) groups is 3. The molecule has 1 atom stereocenters. The molecule has 206 valence electrons. The summed E-state index contributed by atoms with van der Waals surface area (Å²) in [6.07, 6.45) is -3.62. The molecule has 0 heterocycles. The Morgan fingerprint density at radius 1 is 0.684 bits per heavy atom. The molecular formula is C29H39N3O6. The van der Waals surface area contributed by atoms with Gasteiger partial charge in [-0.25, -0.2) is 24.8 Å². The molecule has 38 heavy (non-hydrogen) atoms. The quantitative estimate of drug-likeness (QED) is 0.227. The molecule has 0 aliphatic carbocycles. The van der Waals surface area contributed by atoms with E-state index in [2.05, 4.69) is 5.43 Å². The highest BCUT2D eigenvalue weighted by Crippen LogP contribution is 2.19. The second kappa shape index (κ2) is 12.1. The van der Waals surface area contributed by atoms with E-state index in [9.17, 15) is 14.4 Å². The number of nitrogens with one attached hydrogen (secondary N) is 1. The molecule has 1 unspecified atom stereocenters. The van der Waals surface area contributed by atoms with E-state index >= 15 is 0 Å². The van der Waals surface area contributed by atoms with Gasteiger partial charge in [0.1, 0.15) is 16.8 Å². The number of hydrazine groups is 1. The zero-order valence-electron chi connectivity index (χ0n) is 23.7. The number of aliphatic imine (C=N–C) groups is 1.